The van der Waals surface area contributed by atoms with Crippen LogP contribution in [0.1, 0.15) is 12.0 Å². The van der Waals surface area contributed by atoms with Gasteiger partial charge >= 0.3 is 0 Å². The summed E-state index contributed by atoms with van der Waals surface area (Å²) >= 11 is 0. The zero-order chi connectivity index (χ0) is 11.8. The van der Waals surface area contributed by atoms with Crippen LogP contribution < -0.4 is 10.4 Å². The van der Waals surface area contributed by atoms with Crippen LogP contribution in [0.15, 0.2) is 24.3 Å². The fourth-order valence-corrected chi connectivity index (χ4v) is 3.21. The molecule has 2 unspecified atom stereocenters. The molecule has 92 valence electrons. The van der Waals surface area contributed by atoms with Gasteiger partial charge in [-0.05, 0) is 25.0 Å². The van der Waals surface area contributed by atoms with E-state index in [1.165, 1.54) is 17.7 Å². The largest absolute Gasteiger partial charge is 0.365 e. The Morgan fingerprint density at radius 3 is 2.76 bits per heavy atom. The van der Waals surface area contributed by atoms with Crippen LogP contribution in [0.3, 0.4) is 0 Å². The second-order valence-electron chi connectivity index (χ2n) is 5.07. The van der Waals surface area contributed by atoms with E-state index < -0.39 is 0 Å². The minimum atomic E-state index is 0.583. The normalized spacial score (nSPS) is 28.0. The minimum Gasteiger partial charge on any atom is -0.365 e. The average molecular weight is 233 g/mol. The van der Waals surface area contributed by atoms with Gasteiger partial charge in [-0.3, -0.25) is 4.90 Å². The molecule has 2 atom stereocenters. The molecule has 2 aliphatic rings. The van der Waals surface area contributed by atoms with Gasteiger partial charge in [0.25, 0.3) is 0 Å². The number of likely N-dealkylation sites (tertiary alicyclic amines) is 1. The van der Waals surface area contributed by atoms with Gasteiger partial charge in [0.2, 0.25) is 0 Å². The summed E-state index contributed by atoms with van der Waals surface area (Å²) in [7, 11) is 0. The highest BCUT2D eigenvalue weighted by Gasteiger charge is 2.43. The van der Waals surface area contributed by atoms with Crippen molar-refractivity contribution in [1.29, 1.82) is 0 Å². The van der Waals surface area contributed by atoms with Crippen LogP contribution in [-0.4, -0.2) is 41.9 Å². The standard InChI is InChI=1S/C13H19N3O/c1-10-4-2-3-5-13(10)16-8-11-6-12(16)7-15(11)9-14-17/h2-5,11-12,14,17H,6-9H2,1H3. The molecule has 2 bridgehead atoms. The lowest BCUT2D eigenvalue weighted by atomic mass is 10.1. The highest BCUT2D eigenvalue weighted by molar-refractivity contribution is 5.55. The van der Waals surface area contributed by atoms with Crippen molar-refractivity contribution >= 4 is 5.69 Å². The second-order valence-corrected chi connectivity index (χ2v) is 5.07. The molecule has 2 aliphatic heterocycles. The minimum absolute atomic E-state index is 0.583. The molecule has 17 heavy (non-hydrogen) atoms. The number of rotatable bonds is 3. The lowest BCUT2D eigenvalue weighted by Gasteiger charge is -2.35. The van der Waals surface area contributed by atoms with Gasteiger partial charge in [0.05, 0.1) is 6.67 Å². The van der Waals surface area contributed by atoms with E-state index in [2.05, 4.69) is 46.5 Å². The summed E-state index contributed by atoms with van der Waals surface area (Å²) in [6, 6.07) is 9.78. The maximum absolute atomic E-state index is 8.78. The van der Waals surface area contributed by atoms with Crippen LogP contribution in [0.5, 0.6) is 0 Å². The Bertz CT molecular complexity index is 409. The van der Waals surface area contributed by atoms with Gasteiger partial charge in [-0.2, -0.15) is 5.48 Å². The topological polar surface area (TPSA) is 38.7 Å². The van der Waals surface area contributed by atoms with E-state index in [9.17, 15) is 0 Å². The molecule has 3 rings (SSSR count). The van der Waals surface area contributed by atoms with Crippen LogP contribution in [0.25, 0.3) is 0 Å². The van der Waals surface area contributed by atoms with Gasteiger partial charge in [0.15, 0.2) is 0 Å². The molecule has 0 aliphatic carbocycles. The van der Waals surface area contributed by atoms with E-state index in [4.69, 9.17) is 5.21 Å². The molecule has 4 nitrogen and oxygen atoms in total. The SMILES string of the molecule is Cc1ccccc1N1CC2CC1CN2CNO. The maximum Gasteiger partial charge on any atom is 0.0727 e. The number of nitrogens with one attached hydrogen (secondary N) is 1. The number of fused-ring (bicyclic) bond motifs is 2. The summed E-state index contributed by atoms with van der Waals surface area (Å²) < 4.78 is 0. The highest BCUT2D eigenvalue weighted by atomic mass is 16.5. The van der Waals surface area contributed by atoms with Crippen molar-refractivity contribution < 1.29 is 5.21 Å². The molecular weight excluding hydrogens is 214 g/mol. The Morgan fingerprint density at radius 1 is 1.29 bits per heavy atom. The van der Waals surface area contributed by atoms with Gasteiger partial charge < -0.3 is 10.1 Å². The fourth-order valence-electron chi connectivity index (χ4n) is 3.21. The first-order chi connectivity index (χ1) is 8.29. The Balaban J connectivity index is 1.76. The molecule has 0 saturated carbocycles. The number of nitrogens with zero attached hydrogens (tertiary/aromatic N) is 2. The second kappa shape index (κ2) is 4.29. The van der Waals surface area contributed by atoms with Gasteiger partial charge in [0.1, 0.15) is 0 Å². The van der Waals surface area contributed by atoms with Gasteiger partial charge in [-0.25, -0.2) is 0 Å². The number of hydrogen-bond donors (Lipinski definition) is 2. The van der Waals surface area contributed by atoms with Crippen molar-refractivity contribution in [3.8, 4) is 0 Å². The fraction of sp³-hybridized carbons (Fsp3) is 0.538. The van der Waals surface area contributed by atoms with Crippen LogP contribution in [0.4, 0.5) is 5.69 Å². The molecule has 0 amide bonds. The Labute approximate surface area is 102 Å². The first-order valence-corrected chi connectivity index (χ1v) is 6.23. The van der Waals surface area contributed by atoms with Crippen molar-refractivity contribution in [3.05, 3.63) is 29.8 Å². The van der Waals surface area contributed by atoms with Crippen molar-refractivity contribution in [2.45, 2.75) is 25.4 Å². The van der Waals surface area contributed by atoms with E-state index in [1.54, 1.807) is 0 Å². The predicted octanol–water partition coefficient (Wildman–Crippen LogP) is 1.19. The molecule has 2 N–H and O–H groups in total. The maximum atomic E-state index is 8.78. The smallest absolute Gasteiger partial charge is 0.0727 e. The number of para-hydroxylation sites is 1. The lowest BCUT2D eigenvalue weighted by Crippen LogP contribution is -2.49. The van der Waals surface area contributed by atoms with E-state index in [0.717, 1.165) is 13.1 Å². The molecule has 0 spiro atoms. The monoisotopic (exact) mass is 233 g/mol. The van der Waals surface area contributed by atoms with Crippen LogP contribution in [0.2, 0.25) is 0 Å². The molecule has 1 aromatic carbocycles. The zero-order valence-electron chi connectivity index (χ0n) is 10.1. The molecule has 0 aromatic heterocycles. The molecule has 2 saturated heterocycles. The summed E-state index contributed by atoms with van der Waals surface area (Å²) in [5, 5.41) is 8.78. The van der Waals surface area contributed by atoms with Gasteiger partial charge in [-0.15, -0.1) is 0 Å². The van der Waals surface area contributed by atoms with Crippen LogP contribution >= 0.6 is 0 Å². The van der Waals surface area contributed by atoms with Gasteiger partial charge in [-0.1, -0.05) is 18.2 Å². The number of anilines is 1. The summed E-state index contributed by atoms with van der Waals surface area (Å²) in [4.78, 5) is 4.84. The lowest BCUT2D eigenvalue weighted by molar-refractivity contribution is 0.0877. The number of hydroxylamine groups is 1. The number of hydrogen-bond acceptors (Lipinski definition) is 4. The van der Waals surface area contributed by atoms with E-state index in [1.807, 2.05) is 0 Å². The molecule has 2 heterocycles. The Hall–Kier alpha value is -1.10. The van der Waals surface area contributed by atoms with E-state index >= 15 is 0 Å². The van der Waals surface area contributed by atoms with Crippen LogP contribution in [0, 0.1) is 6.92 Å². The van der Waals surface area contributed by atoms with Crippen molar-refractivity contribution in [1.82, 2.24) is 10.4 Å². The molecule has 1 aromatic rings. The Morgan fingerprint density at radius 2 is 2.12 bits per heavy atom. The summed E-state index contributed by atoms with van der Waals surface area (Å²) in [6.45, 7) is 4.89. The van der Waals surface area contributed by atoms with Crippen molar-refractivity contribution in [2.24, 2.45) is 0 Å². The molecular formula is C13H19N3O. The average Bonchev–Trinajstić information content (AvgIpc) is 2.89. The highest BCUT2D eigenvalue weighted by Crippen LogP contribution is 2.35. The van der Waals surface area contributed by atoms with Crippen molar-refractivity contribution in [3.63, 3.8) is 0 Å². The number of aryl methyl sites for hydroxylation is 1. The first-order valence-electron chi connectivity index (χ1n) is 6.23. The quantitative estimate of drug-likeness (QED) is 0.769. The molecule has 2 fully saturated rings. The summed E-state index contributed by atoms with van der Waals surface area (Å²) in [5.41, 5.74) is 4.99. The number of piperazine rings is 1. The first kappa shape index (κ1) is 11.0. The summed E-state index contributed by atoms with van der Waals surface area (Å²) in [6.07, 6.45) is 1.22. The third kappa shape index (κ3) is 1.82. The predicted molar refractivity (Wildman–Crippen MR) is 67.2 cm³/mol. The third-order valence-corrected chi connectivity index (χ3v) is 4.05. The zero-order valence-corrected chi connectivity index (χ0v) is 10.1. The van der Waals surface area contributed by atoms with Crippen LogP contribution in [-0.2, 0) is 0 Å². The van der Waals surface area contributed by atoms with E-state index in [0.29, 0.717) is 18.8 Å². The van der Waals surface area contributed by atoms with Gasteiger partial charge in [0, 0.05) is 30.9 Å². The van der Waals surface area contributed by atoms with Crippen molar-refractivity contribution in [2.75, 3.05) is 24.7 Å². The van der Waals surface area contributed by atoms with E-state index in [-0.39, 0.29) is 0 Å². The molecule has 4 heteroatoms. The Kier molecular flexibility index (Phi) is 2.78. The number of benzene rings is 1. The molecule has 0 radical (unpaired) electrons. The summed E-state index contributed by atoms with van der Waals surface area (Å²) in [5.74, 6) is 0. The third-order valence-electron chi connectivity index (χ3n) is 4.05.